The summed E-state index contributed by atoms with van der Waals surface area (Å²) in [6, 6.07) is 8.22. The molecule has 0 amide bonds. The molecule has 0 fully saturated rings. The number of aromatic nitrogens is 2. The van der Waals surface area contributed by atoms with Gasteiger partial charge in [0.25, 0.3) is 5.22 Å². The zero-order valence-corrected chi connectivity index (χ0v) is 12.6. The van der Waals surface area contributed by atoms with Crippen molar-refractivity contribution in [1.82, 2.24) is 9.97 Å². The highest BCUT2D eigenvalue weighted by Gasteiger charge is 2.17. The Morgan fingerprint density at radius 1 is 1.29 bits per heavy atom. The van der Waals surface area contributed by atoms with Crippen molar-refractivity contribution in [2.45, 2.75) is 15.1 Å². The maximum absolute atomic E-state index is 11.7. The molecular formula is C13H11N3O3S2. The molecule has 0 aliphatic heterocycles. The number of nitrogens with zero attached hydrogens (tertiary/aromatic N) is 2. The van der Waals surface area contributed by atoms with E-state index < -0.39 is 9.84 Å². The molecule has 0 unspecified atom stereocenters. The van der Waals surface area contributed by atoms with Crippen molar-refractivity contribution < 1.29 is 12.8 Å². The second-order valence-electron chi connectivity index (χ2n) is 4.39. The Hall–Kier alpha value is -2.06. The molecule has 2 aromatic heterocycles. The zero-order chi connectivity index (χ0) is 15.0. The van der Waals surface area contributed by atoms with Crippen molar-refractivity contribution in [3.63, 3.8) is 0 Å². The third-order valence-corrected chi connectivity index (χ3v) is 4.84. The Bertz CT molecular complexity index is 919. The lowest BCUT2D eigenvalue weighted by molar-refractivity contribution is 0.489. The number of pyridine rings is 1. The number of nitrogen functional groups attached to an aromatic ring is 1. The van der Waals surface area contributed by atoms with Gasteiger partial charge in [0.2, 0.25) is 0 Å². The predicted octanol–water partition coefficient (Wildman–Crippen LogP) is 2.36. The number of oxazole rings is 1. The highest BCUT2D eigenvalue weighted by Crippen LogP contribution is 2.32. The van der Waals surface area contributed by atoms with Gasteiger partial charge in [-0.05, 0) is 36.0 Å². The average Bonchev–Trinajstić information content (AvgIpc) is 2.79. The second-order valence-corrected chi connectivity index (χ2v) is 7.31. The highest BCUT2D eigenvalue weighted by atomic mass is 32.2. The summed E-state index contributed by atoms with van der Waals surface area (Å²) in [4.78, 5) is 8.52. The third-order valence-electron chi connectivity index (χ3n) is 2.71. The standard InChI is InChI=1S/C13H11N3O3S2/c1-21(17,18)11-3-2-6-15-12(11)20-13-16-9-5-4-8(14)7-10(9)19-13/h2-7H,14H2,1H3. The number of nitrogens with two attached hydrogens (primary N) is 1. The predicted molar refractivity (Wildman–Crippen MR) is 79.9 cm³/mol. The van der Waals surface area contributed by atoms with Crippen LogP contribution in [0, 0.1) is 0 Å². The summed E-state index contributed by atoms with van der Waals surface area (Å²) >= 11 is 1.06. The van der Waals surface area contributed by atoms with Crippen LogP contribution < -0.4 is 5.73 Å². The van der Waals surface area contributed by atoms with Crippen LogP contribution in [0.3, 0.4) is 0 Å². The van der Waals surface area contributed by atoms with Crippen molar-refractivity contribution in [2.75, 3.05) is 12.0 Å². The Morgan fingerprint density at radius 3 is 2.86 bits per heavy atom. The molecule has 8 heteroatoms. The molecule has 6 nitrogen and oxygen atoms in total. The van der Waals surface area contributed by atoms with E-state index in [1.165, 1.54) is 12.3 Å². The normalized spacial score (nSPS) is 11.9. The minimum atomic E-state index is -3.36. The molecule has 0 bridgehead atoms. The minimum Gasteiger partial charge on any atom is -0.431 e. The molecule has 3 rings (SSSR count). The molecule has 0 atom stereocenters. The molecule has 2 heterocycles. The lowest BCUT2D eigenvalue weighted by Crippen LogP contribution is -2.00. The molecule has 2 N–H and O–H groups in total. The summed E-state index contributed by atoms with van der Waals surface area (Å²) in [6.45, 7) is 0. The van der Waals surface area contributed by atoms with Crippen LogP contribution in [0.4, 0.5) is 5.69 Å². The molecule has 3 aromatic rings. The molecule has 1 aromatic carbocycles. The van der Waals surface area contributed by atoms with Crippen LogP contribution in [-0.2, 0) is 9.84 Å². The van der Waals surface area contributed by atoms with Gasteiger partial charge in [-0.2, -0.15) is 0 Å². The molecule has 0 spiro atoms. The van der Waals surface area contributed by atoms with Crippen molar-refractivity contribution in [2.24, 2.45) is 0 Å². The van der Waals surface area contributed by atoms with E-state index in [-0.39, 0.29) is 4.90 Å². The van der Waals surface area contributed by atoms with Gasteiger partial charge < -0.3 is 10.2 Å². The first-order valence-electron chi connectivity index (χ1n) is 5.92. The van der Waals surface area contributed by atoms with Crippen molar-refractivity contribution >= 4 is 38.4 Å². The maximum Gasteiger partial charge on any atom is 0.263 e. The quantitative estimate of drug-likeness (QED) is 0.739. The van der Waals surface area contributed by atoms with Crippen LogP contribution in [0.1, 0.15) is 0 Å². The van der Waals surface area contributed by atoms with Crippen LogP contribution >= 0.6 is 11.8 Å². The van der Waals surface area contributed by atoms with E-state index in [0.717, 1.165) is 18.0 Å². The van der Waals surface area contributed by atoms with Crippen molar-refractivity contribution in [3.05, 3.63) is 36.5 Å². The van der Waals surface area contributed by atoms with Gasteiger partial charge in [0.15, 0.2) is 15.4 Å². The monoisotopic (exact) mass is 321 g/mol. The van der Waals surface area contributed by atoms with Gasteiger partial charge in [0.1, 0.15) is 10.5 Å². The molecule has 108 valence electrons. The van der Waals surface area contributed by atoms with E-state index >= 15 is 0 Å². The van der Waals surface area contributed by atoms with Gasteiger partial charge >= 0.3 is 0 Å². The van der Waals surface area contributed by atoms with Gasteiger partial charge in [-0.1, -0.05) is 0 Å². The fourth-order valence-electron chi connectivity index (χ4n) is 1.78. The van der Waals surface area contributed by atoms with Gasteiger partial charge in [-0.15, -0.1) is 0 Å². The van der Waals surface area contributed by atoms with E-state index in [2.05, 4.69) is 9.97 Å². The zero-order valence-electron chi connectivity index (χ0n) is 11.0. The topological polar surface area (TPSA) is 99.1 Å². The maximum atomic E-state index is 11.7. The molecule has 0 aliphatic carbocycles. The van der Waals surface area contributed by atoms with Gasteiger partial charge in [-0.25, -0.2) is 18.4 Å². The Labute approximate surface area is 125 Å². The van der Waals surface area contributed by atoms with E-state index in [1.54, 1.807) is 24.3 Å². The summed E-state index contributed by atoms with van der Waals surface area (Å²) in [5.74, 6) is 0. The molecule has 0 aliphatic rings. The van der Waals surface area contributed by atoms with Gasteiger partial charge in [0, 0.05) is 24.2 Å². The Kier molecular flexibility index (Phi) is 3.34. The van der Waals surface area contributed by atoms with Gasteiger partial charge in [0.05, 0.1) is 4.90 Å². The molecular weight excluding hydrogens is 310 g/mol. The second kappa shape index (κ2) is 5.05. The fraction of sp³-hybridized carbons (Fsp3) is 0.0769. The number of benzene rings is 1. The summed E-state index contributed by atoms with van der Waals surface area (Å²) in [6.07, 6.45) is 2.67. The molecule has 21 heavy (non-hydrogen) atoms. The first-order valence-corrected chi connectivity index (χ1v) is 8.63. The Balaban J connectivity index is 2.03. The third kappa shape index (κ3) is 2.86. The number of anilines is 1. The van der Waals surface area contributed by atoms with E-state index in [0.29, 0.717) is 27.0 Å². The van der Waals surface area contributed by atoms with Crippen LogP contribution in [0.15, 0.2) is 56.1 Å². The Morgan fingerprint density at radius 2 is 2.10 bits per heavy atom. The lowest BCUT2D eigenvalue weighted by Gasteiger charge is -2.03. The molecule has 0 saturated heterocycles. The molecule has 0 saturated carbocycles. The summed E-state index contributed by atoms with van der Waals surface area (Å²) in [7, 11) is -3.36. The molecule has 0 radical (unpaired) electrons. The number of rotatable bonds is 3. The van der Waals surface area contributed by atoms with E-state index in [1.807, 2.05) is 0 Å². The van der Waals surface area contributed by atoms with Crippen LogP contribution in [-0.4, -0.2) is 24.6 Å². The minimum absolute atomic E-state index is 0.150. The summed E-state index contributed by atoms with van der Waals surface area (Å²) in [5, 5.41) is 0.652. The van der Waals surface area contributed by atoms with E-state index in [9.17, 15) is 8.42 Å². The number of sulfone groups is 1. The number of hydrogen-bond acceptors (Lipinski definition) is 7. The average molecular weight is 321 g/mol. The lowest BCUT2D eigenvalue weighted by atomic mass is 10.3. The van der Waals surface area contributed by atoms with Crippen LogP contribution in [0.2, 0.25) is 0 Å². The number of hydrogen-bond donors (Lipinski definition) is 1. The van der Waals surface area contributed by atoms with Crippen LogP contribution in [0.25, 0.3) is 11.1 Å². The fourth-order valence-corrected chi connectivity index (χ4v) is 3.78. The summed E-state index contributed by atoms with van der Waals surface area (Å²) < 4.78 is 29.0. The van der Waals surface area contributed by atoms with E-state index in [4.69, 9.17) is 10.2 Å². The van der Waals surface area contributed by atoms with Crippen LogP contribution in [0.5, 0.6) is 0 Å². The highest BCUT2D eigenvalue weighted by molar-refractivity contribution is 8.00. The SMILES string of the molecule is CS(=O)(=O)c1cccnc1Sc1nc2ccc(N)cc2o1. The summed E-state index contributed by atoms with van der Waals surface area (Å²) in [5.41, 5.74) is 7.46. The smallest absolute Gasteiger partial charge is 0.263 e. The van der Waals surface area contributed by atoms with Gasteiger partial charge in [-0.3, -0.25) is 0 Å². The first-order chi connectivity index (χ1) is 9.93. The van der Waals surface area contributed by atoms with Crippen molar-refractivity contribution in [1.29, 1.82) is 0 Å². The number of fused-ring (bicyclic) bond motifs is 1. The van der Waals surface area contributed by atoms with Crippen molar-refractivity contribution in [3.8, 4) is 0 Å². The largest absolute Gasteiger partial charge is 0.431 e. The first kappa shape index (κ1) is 13.9.